The van der Waals surface area contributed by atoms with Gasteiger partial charge in [-0.05, 0) is 36.9 Å². The van der Waals surface area contributed by atoms with Crippen LogP contribution in [0.2, 0.25) is 0 Å². The molecule has 1 heterocycles. The second kappa shape index (κ2) is 6.32. The molecule has 1 saturated carbocycles. The van der Waals surface area contributed by atoms with Crippen LogP contribution in [-0.2, 0) is 6.42 Å². The quantitative estimate of drug-likeness (QED) is 0.861. The SMILES string of the molecule is CCNC(CC1CCCC1)C1Cc2ccccc2S1. The van der Waals surface area contributed by atoms with E-state index < -0.39 is 0 Å². The lowest BCUT2D eigenvalue weighted by atomic mass is 9.94. The minimum absolute atomic E-state index is 0.700. The van der Waals surface area contributed by atoms with Crippen LogP contribution in [0.3, 0.4) is 0 Å². The second-order valence-corrected chi connectivity index (χ2v) is 7.30. The molecule has 0 radical (unpaired) electrons. The summed E-state index contributed by atoms with van der Waals surface area (Å²) in [6, 6.07) is 9.65. The fourth-order valence-corrected chi connectivity index (χ4v) is 5.09. The summed E-state index contributed by atoms with van der Waals surface area (Å²) in [7, 11) is 0. The first-order valence-corrected chi connectivity index (χ1v) is 8.72. The van der Waals surface area contributed by atoms with E-state index in [4.69, 9.17) is 0 Å². The summed E-state index contributed by atoms with van der Waals surface area (Å²) in [5.74, 6) is 0.980. The zero-order valence-electron chi connectivity index (χ0n) is 11.9. The highest BCUT2D eigenvalue weighted by Crippen LogP contribution is 2.40. The number of thioether (sulfide) groups is 1. The third-order valence-corrected chi connectivity index (χ3v) is 6.10. The van der Waals surface area contributed by atoms with E-state index in [2.05, 4.69) is 48.3 Å². The Kier molecular flexibility index (Phi) is 4.49. The van der Waals surface area contributed by atoms with Gasteiger partial charge in [-0.3, -0.25) is 0 Å². The van der Waals surface area contributed by atoms with Crippen LogP contribution in [0.15, 0.2) is 29.2 Å². The molecule has 0 aromatic heterocycles. The highest BCUT2D eigenvalue weighted by molar-refractivity contribution is 8.00. The van der Waals surface area contributed by atoms with Gasteiger partial charge in [0, 0.05) is 16.2 Å². The minimum atomic E-state index is 0.700. The van der Waals surface area contributed by atoms with Crippen molar-refractivity contribution in [2.24, 2.45) is 5.92 Å². The van der Waals surface area contributed by atoms with Crippen molar-refractivity contribution >= 4 is 11.8 Å². The zero-order chi connectivity index (χ0) is 13.1. The number of nitrogens with one attached hydrogen (secondary N) is 1. The van der Waals surface area contributed by atoms with Gasteiger partial charge in [0.05, 0.1) is 0 Å². The normalized spacial score (nSPS) is 24.6. The minimum Gasteiger partial charge on any atom is -0.313 e. The summed E-state index contributed by atoms with van der Waals surface area (Å²) in [5, 5.41) is 4.51. The van der Waals surface area contributed by atoms with Crippen LogP contribution < -0.4 is 5.32 Å². The number of fused-ring (bicyclic) bond motifs is 1. The van der Waals surface area contributed by atoms with Crippen molar-refractivity contribution < 1.29 is 0 Å². The third kappa shape index (κ3) is 3.17. The molecule has 2 unspecified atom stereocenters. The van der Waals surface area contributed by atoms with Crippen LogP contribution in [0.4, 0.5) is 0 Å². The Morgan fingerprint density at radius 1 is 1.26 bits per heavy atom. The van der Waals surface area contributed by atoms with Crippen LogP contribution in [0.1, 0.15) is 44.6 Å². The number of benzene rings is 1. The molecule has 0 spiro atoms. The molecule has 1 aromatic carbocycles. The lowest BCUT2D eigenvalue weighted by Crippen LogP contribution is -2.39. The number of hydrogen-bond donors (Lipinski definition) is 1. The smallest absolute Gasteiger partial charge is 0.0289 e. The maximum atomic E-state index is 3.77. The molecule has 19 heavy (non-hydrogen) atoms. The van der Waals surface area contributed by atoms with Gasteiger partial charge < -0.3 is 5.32 Å². The first kappa shape index (κ1) is 13.5. The molecule has 2 aliphatic rings. The Morgan fingerprint density at radius 2 is 2.05 bits per heavy atom. The van der Waals surface area contributed by atoms with Gasteiger partial charge in [0.15, 0.2) is 0 Å². The van der Waals surface area contributed by atoms with Crippen LogP contribution in [0.5, 0.6) is 0 Å². The van der Waals surface area contributed by atoms with Crippen LogP contribution >= 0.6 is 11.8 Å². The first-order chi connectivity index (χ1) is 9.36. The molecule has 1 nitrogen and oxygen atoms in total. The van der Waals surface area contributed by atoms with Crippen molar-refractivity contribution in [2.45, 2.75) is 61.6 Å². The molecule has 1 aliphatic carbocycles. The van der Waals surface area contributed by atoms with Gasteiger partial charge in [-0.1, -0.05) is 50.8 Å². The second-order valence-electron chi connectivity index (χ2n) is 6.02. The first-order valence-electron chi connectivity index (χ1n) is 7.84. The van der Waals surface area contributed by atoms with Gasteiger partial charge in [0.1, 0.15) is 0 Å². The molecule has 0 bridgehead atoms. The maximum absolute atomic E-state index is 3.77. The van der Waals surface area contributed by atoms with Gasteiger partial charge >= 0.3 is 0 Å². The lowest BCUT2D eigenvalue weighted by molar-refractivity contribution is 0.384. The molecule has 104 valence electrons. The largest absolute Gasteiger partial charge is 0.313 e. The molecular weight excluding hydrogens is 250 g/mol. The van der Waals surface area contributed by atoms with Crippen molar-refractivity contribution in [3.05, 3.63) is 29.8 Å². The van der Waals surface area contributed by atoms with Crippen molar-refractivity contribution in [3.8, 4) is 0 Å². The summed E-state index contributed by atoms with van der Waals surface area (Å²) >= 11 is 2.11. The molecule has 1 aromatic rings. The van der Waals surface area contributed by atoms with E-state index in [0.717, 1.165) is 17.7 Å². The van der Waals surface area contributed by atoms with Gasteiger partial charge in [0.2, 0.25) is 0 Å². The van der Waals surface area contributed by atoms with E-state index in [0.29, 0.717) is 6.04 Å². The predicted molar refractivity (Wildman–Crippen MR) is 83.8 cm³/mol. The summed E-state index contributed by atoms with van der Waals surface area (Å²) in [6.07, 6.45) is 8.49. The monoisotopic (exact) mass is 275 g/mol. The summed E-state index contributed by atoms with van der Waals surface area (Å²) in [6.45, 7) is 3.35. The molecule has 2 atom stereocenters. The van der Waals surface area contributed by atoms with Gasteiger partial charge in [0.25, 0.3) is 0 Å². The molecule has 1 N–H and O–H groups in total. The summed E-state index contributed by atoms with van der Waals surface area (Å²) < 4.78 is 0. The van der Waals surface area contributed by atoms with E-state index >= 15 is 0 Å². The molecule has 0 amide bonds. The number of rotatable bonds is 5. The highest BCUT2D eigenvalue weighted by Gasteiger charge is 2.31. The molecule has 0 saturated heterocycles. The van der Waals surface area contributed by atoms with Gasteiger partial charge in [-0.25, -0.2) is 0 Å². The summed E-state index contributed by atoms with van der Waals surface area (Å²) in [5.41, 5.74) is 1.56. The zero-order valence-corrected chi connectivity index (χ0v) is 12.7. The average molecular weight is 275 g/mol. The van der Waals surface area contributed by atoms with E-state index in [-0.39, 0.29) is 0 Å². The molecule has 2 heteroatoms. The molecule has 3 rings (SSSR count). The average Bonchev–Trinajstić information content (AvgIpc) is 3.06. The Hall–Kier alpha value is -0.470. The standard InChI is InChI=1S/C17H25NS/c1-2-18-15(11-13-7-3-4-8-13)17-12-14-9-5-6-10-16(14)19-17/h5-6,9-10,13,15,17-18H,2-4,7-8,11-12H2,1H3. The van der Waals surface area contributed by atoms with Gasteiger partial charge in [-0.15, -0.1) is 11.8 Å². The Labute approximate surface area is 121 Å². The van der Waals surface area contributed by atoms with Crippen LogP contribution in [0.25, 0.3) is 0 Å². The highest BCUT2D eigenvalue weighted by atomic mass is 32.2. The summed E-state index contributed by atoms with van der Waals surface area (Å²) in [4.78, 5) is 1.52. The van der Waals surface area contributed by atoms with Crippen molar-refractivity contribution in [2.75, 3.05) is 6.54 Å². The molecular formula is C17H25NS. The molecule has 1 aliphatic heterocycles. The fraction of sp³-hybridized carbons (Fsp3) is 0.647. The van der Waals surface area contributed by atoms with E-state index in [9.17, 15) is 0 Å². The fourth-order valence-electron chi connectivity index (χ4n) is 3.67. The van der Waals surface area contributed by atoms with E-state index in [1.165, 1.54) is 43.4 Å². The maximum Gasteiger partial charge on any atom is 0.0289 e. The Morgan fingerprint density at radius 3 is 2.79 bits per heavy atom. The Balaban J connectivity index is 1.64. The van der Waals surface area contributed by atoms with E-state index in [1.807, 2.05) is 0 Å². The van der Waals surface area contributed by atoms with E-state index in [1.54, 1.807) is 5.56 Å². The van der Waals surface area contributed by atoms with Crippen molar-refractivity contribution in [3.63, 3.8) is 0 Å². The third-order valence-electron chi connectivity index (χ3n) is 4.65. The Bertz CT molecular complexity index is 386. The van der Waals surface area contributed by atoms with Crippen LogP contribution in [0, 0.1) is 5.92 Å². The molecule has 1 fully saturated rings. The predicted octanol–water partition coefficient (Wildman–Crippen LogP) is 4.26. The number of hydrogen-bond acceptors (Lipinski definition) is 2. The topological polar surface area (TPSA) is 12.0 Å². The van der Waals surface area contributed by atoms with Crippen molar-refractivity contribution in [1.82, 2.24) is 5.32 Å². The van der Waals surface area contributed by atoms with Crippen LogP contribution in [-0.4, -0.2) is 17.8 Å². The lowest BCUT2D eigenvalue weighted by Gasteiger charge is -2.26. The van der Waals surface area contributed by atoms with Gasteiger partial charge in [-0.2, -0.15) is 0 Å². The van der Waals surface area contributed by atoms with Crippen molar-refractivity contribution in [1.29, 1.82) is 0 Å².